The molecule has 5 nitrogen and oxygen atoms in total. The maximum Gasteiger partial charge on any atom is 0.323 e. The summed E-state index contributed by atoms with van der Waals surface area (Å²) in [5, 5.41) is 12.3. The van der Waals surface area contributed by atoms with Gasteiger partial charge in [-0.1, -0.05) is 41.4 Å². The SMILES string of the molecule is O=C(Nc1ccc(Cl)cc1)Nc1ccc(Nc2c3ccccc3nc3ccc(Cl)cc23)cc1. The Labute approximate surface area is 200 Å². The van der Waals surface area contributed by atoms with Crippen molar-refractivity contribution < 1.29 is 4.79 Å². The van der Waals surface area contributed by atoms with Gasteiger partial charge >= 0.3 is 6.03 Å². The minimum atomic E-state index is -0.334. The predicted molar refractivity (Wildman–Crippen MR) is 138 cm³/mol. The van der Waals surface area contributed by atoms with Crippen molar-refractivity contribution >= 4 is 73.8 Å². The minimum Gasteiger partial charge on any atom is -0.354 e. The first kappa shape index (κ1) is 21.1. The van der Waals surface area contributed by atoms with Crippen LogP contribution in [0, 0.1) is 0 Å². The number of benzene rings is 4. The van der Waals surface area contributed by atoms with Crippen molar-refractivity contribution in [2.24, 2.45) is 0 Å². The molecule has 162 valence electrons. The molecule has 5 aromatic rings. The van der Waals surface area contributed by atoms with Crippen LogP contribution in [-0.4, -0.2) is 11.0 Å². The van der Waals surface area contributed by atoms with Crippen molar-refractivity contribution in [1.29, 1.82) is 0 Å². The second-order valence-corrected chi connectivity index (χ2v) is 8.33. The predicted octanol–water partition coefficient (Wildman–Crippen LogP) is 8.08. The van der Waals surface area contributed by atoms with Crippen LogP contribution in [0.5, 0.6) is 0 Å². The molecule has 5 rings (SSSR count). The third-order valence-corrected chi connectivity index (χ3v) is 5.64. The summed E-state index contributed by atoms with van der Waals surface area (Å²) in [6, 6.07) is 27.7. The van der Waals surface area contributed by atoms with Gasteiger partial charge in [0.15, 0.2) is 0 Å². The number of urea groups is 1. The molecule has 0 unspecified atom stereocenters. The van der Waals surface area contributed by atoms with E-state index in [1.165, 1.54) is 0 Å². The summed E-state index contributed by atoms with van der Waals surface area (Å²) in [5.74, 6) is 0. The largest absolute Gasteiger partial charge is 0.354 e. The van der Waals surface area contributed by atoms with Crippen molar-refractivity contribution in [3.05, 3.63) is 101 Å². The number of aromatic nitrogens is 1. The van der Waals surface area contributed by atoms with Crippen molar-refractivity contribution in [3.8, 4) is 0 Å². The van der Waals surface area contributed by atoms with Crippen LogP contribution in [-0.2, 0) is 0 Å². The average Bonchev–Trinajstić information content (AvgIpc) is 2.82. The van der Waals surface area contributed by atoms with E-state index >= 15 is 0 Å². The molecular formula is C26H18Cl2N4O. The van der Waals surface area contributed by atoms with E-state index in [1.54, 1.807) is 24.3 Å². The molecule has 4 aromatic carbocycles. The van der Waals surface area contributed by atoms with Gasteiger partial charge in [-0.15, -0.1) is 0 Å². The third kappa shape index (κ3) is 4.70. The number of carbonyl (C=O) groups excluding carboxylic acids is 1. The summed E-state index contributed by atoms with van der Waals surface area (Å²) >= 11 is 12.2. The summed E-state index contributed by atoms with van der Waals surface area (Å²) in [6.45, 7) is 0. The first-order chi connectivity index (χ1) is 16.0. The number of nitrogens with zero attached hydrogens (tertiary/aromatic N) is 1. The molecule has 1 aromatic heterocycles. The van der Waals surface area contributed by atoms with E-state index in [2.05, 4.69) is 16.0 Å². The monoisotopic (exact) mass is 472 g/mol. The zero-order chi connectivity index (χ0) is 22.8. The normalized spacial score (nSPS) is 10.8. The molecule has 33 heavy (non-hydrogen) atoms. The number of hydrogen-bond acceptors (Lipinski definition) is 3. The van der Waals surface area contributed by atoms with Gasteiger partial charge in [-0.05, 0) is 72.8 Å². The molecule has 2 amide bonds. The molecule has 0 fully saturated rings. The zero-order valence-corrected chi connectivity index (χ0v) is 18.8. The molecule has 0 radical (unpaired) electrons. The van der Waals surface area contributed by atoms with Gasteiger partial charge in [0, 0.05) is 37.9 Å². The van der Waals surface area contributed by atoms with Crippen LogP contribution < -0.4 is 16.0 Å². The van der Waals surface area contributed by atoms with Crippen LogP contribution in [0.25, 0.3) is 21.8 Å². The number of carbonyl (C=O) groups is 1. The van der Waals surface area contributed by atoms with E-state index in [9.17, 15) is 4.79 Å². The number of hydrogen-bond donors (Lipinski definition) is 3. The van der Waals surface area contributed by atoms with Crippen LogP contribution in [0.2, 0.25) is 10.0 Å². The lowest BCUT2D eigenvalue weighted by Crippen LogP contribution is -2.19. The number of halogens is 2. The van der Waals surface area contributed by atoms with E-state index in [0.29, 0.717) is 21.4 Å². The molecule has 0 aliphatic carbocycles. The second kappa shape index (κ2) is 8.98. The van der Waals surface area contributed by atoms with Gasteiger partial charge in [0.05, 0.1) is 16.7 Å². The highest BCUT2D eigenvalue weighted by atomic mass is 35.5. The molecule has 1 heterocycles. The summed E-state index contributed by atoms with van der Waals surface area (Å²) in [7, 11) is 0. The van der Waals surface area contributed by atoms with E-state index in [1.807, 2.05) is 66.7 Å². The van der Waals surface area contributed by atoms with Gasteiger partial charge in [-0.2, -0.15) is 0 Å². The van der Waals surface area contributed by atoms with Gasteiger partial charge in [0.2, 0.25) is 0 Å². The molecule has 7 heteroatoms. The molecule has 0 bridgehead atoms. The summed E-state index contributed by atoms with van der Waals surface area (Å²) in [6.07, 6.45) is 0. The lowest BCUT2D eigenvalue weighted by molar-refractivity contribution is 0.262. The number of rotatable bonds is 4. The van der Waals surface area contributed by atoms with Crippen molar-refractivity contribution in [2.75, 3.05) is 16.0 Å². The first-order valence-corrected chi connectivity index (χ1v) is 11.0. The van der Waals surface area contributed by atoms with Crippen LogP contribution in [0.4, 0.5) is 27.5 Å². The quantitative estimate of drug-likeness (QED) is 0.231. The van der Waals surface area contributed by atoms with E-state index in [-0.39, 0.29) is 6.03 Å². The van der Waals surface area contributed by atoms with Gasteiger partial charge in [0.1, 0.15) is 0 Å². The summed E-state index contributed by atoms with van der Waals surface area (Å²) in [5.41, 5.74) is 4.88. The molecule has 0 atom stereocenters. The fourth-order valence-electron chi connectivity index (χ4n) is 3.61. The Morgan fingerprint density at radius 1 is 0.636 bits per heavy atom. The summed E-state index contributed by atoms with van der Waals surface area (Å²) < 4.78 is 0. The van der Waals surface area contributed by atoms with Gasteiger partial charge in [-0.25, -0.2) is 9.78 Å². The molecule has 0 saturated heterocycles. The number of anilines is 4. The van der Waals surface area contributed by atoms with Gasteiger partial charge < -0.3 is 16.0 Å². The van der Waals surface area contributed by atoms with Crippen molar-refractivity contribution in [2.45, 2.75) is 0 Å². The smallest absolute Gasteiger partial charge is 0.323 e. The average molecular weight is 473 g/mol. The number of nitrogens with one attached hydrogen (secondary N) is 3. The standard InChI is InChI=1S/C26H18Cl2N4O/c27-16-5-8-19(9-6-16)30-26(33)31-20-12-10-18(11-13-20)29-25-21-3-1-2-4-23(21)32-24-14-7-17(28)15-22(24)25/h1-15H,(H,29,32)(H2,30,31,33). The second-order valence-electron chi connectivity index (χ2n) is 7.45. The Balaban J connectivity index is 1.38. The number of fused-ring (bicyclic) bond motifs is 2. The van der Waals surface area contributed by atoms with E-state index < -0.39 is 0 Å². The maximum atomic E-state index is 12.3. The Kier molecular flexibility index (Phi) is 5.73. The zero-order valence-electron chi connectivity index (χ0n) is 17.3. The fraction of sp³-hybridized carbons (Fsp3) is 0. The lowest BCUT2D eigenvalue weighted by atomic mass is 10.1. The van der Waals surface area contributed by atoms with E-state index in [0.717, 1.165) is 33.2 Å². The highest BCUT2D eigenvalue weighted by Crippen LogP contribution is 2.34. The molecule has 0 aliphatic rings. The topological polar surface area (TPSA) is 66.1 Å². The van der Waals surface area contributed by atoms with Crippen LogP contribution in [0.15, 0.2) is 91.0 Å². The number of pyridine rings is 1. The Bertz CT molecular complexity index is 1470. The fourth-order valence-corrected chi connectivity index (χ4v) is 3.90. The highest BCUT2D eigenvalue weighted by Gasteiger charge is 2.10. The molecule has 0 aliphatic heterocycles. The highest BCUT2D eigenvalue weighted by molar-refractivity contribution is 6.31. The number of para-hydroxylation sites is 1. The Hall–Kier alpha value is -3.80. The van der Waals surface area contributed by atoms with Crippen LogP contribution in [0.1, 0.15) is 0 Å². The Morgan fingerprint density at radius 3 is 1.94 bits per heavy atom. The van der Waals surface area contributed by atoms with Crippen molar-refractivity contribution in [3.63, 3.8) is 0 Å². The number of amides is 2. The molecule has 0 saturated carbocycles. The Morgan fingerprint density at radius 2 is 1.21 bits per heavy atom. The lowest BCUT2D eigenvalue weighted by Gasteiger charge is -2.14. The van der Waals surface area contributed by atoms with E-state index in [4.69, 9.17) is 28.2 Å². The van der Waals surface area contributed by atoms with Crippen LogP contribution >= 0.6 is 23.2 Å². The first-order valence-electron chi connectivity index (χ1n) is 10.2. The third-order valence-electron chi connectivity index (χ3n) is 5.16. The molecular weight excluding hydrogens is 455 g/mol. The van der Waals surface area contributed by atoms with Gasteiger partial charge in [-0.3, -0.25) is 0 Å². The molecule has 3 N–H and O–H groups in total. The summed E-state index contributed by atoms with van der Waals surface area (Å²) in [4.78, 5) is 17.0. The van der Waals surface area contributed by atoms with Gasteiger partial charge in [0.25, 0.3) is 0 Å². The van der Waals surface area contributed by atoms with Crippen LogP contribution in [0.3, 0.4) is 0 Å². The maximum absolute atomic E-state index is 12.3. The molecule has 0 spiro atoms. The van der Waals surface area contributed by atoms with Crippen molar-refractivity contribution in [1.82, 2.24) is 4.98 Å². The minimum absolute atomic E-state index is 0.334.